The fourth-order valence-corrected chi connectivity index (χ4v) is 4.74. The van der Waals surface area contributed by atoms with Gasteiger partial charge in [-0.2, -0.15) is 0 Å². The molecule has 0 N–H and O–H groups in total. The zero-order chi connectivity index (χ0) is 21.3. The molecular formula is C25H27N3OS. The number of amides is 1. The van der Waals surface area contributed by atoms with Gasteiger partial charge in [0.05, 0.1) is 10.2 Å². The van der Waals surface area contributed by atoms with Crippen LogP contribution in [0.4, 0.5) is 5.13 Å². The Morgan fingerprint density at radius 3 is 2.50 bits per heavy atom. The smallest absolute Gasteiger partial charge is 0.260 e. The van der Waals surface area contributed by atoms with Gasteiger partial charge in [-0.25, -0.2) is 4.98 Å². The van der Waals surface area contributed by atoms with Crippen molar-refractivity contribution in [1.29, 1.82) is 0 Å². The topological polar surface area (TPSA) is 36.4 Å². The molecule has 0 spiro atoms. The van der Waals surface area contributed by atoms with Crippen LogP contribution in [0, 0.1) is 13.8 Å². The molecule has 0 radical (unpaired) electrons. The van der Waals surface area contributed by atoms with Crippen LogP contribution in [0.2, 0.25) is 0 Å². The SMILES string of the molecule is Cc1cc2nc(N(CCCN(C)C)C(=O)c3cccc4ccccc34)sc2cc1C. The Labute approximate surface area is 181 Å². The molecule has 1 aromatic heterocycles. The Bertz CT molecular complexity index is 1170. The van der Waals surface area contributed by atoms with Crippen molar-refractivity contribution in [2.75, 3.05) is 32.1 Å². The van der Waals surface area contributed by atoms with E-state index in [1.54, 1.807) is 11.3 Å². The lowest BCUT2D eigenvalue weighted by Gasteiger charge is -2.21. The fourth-order valence-electron chi connectivity index (χ4n) is 3.67. The minimum Gasteiger partial charge on any atom is -0.309 e. The van der Waals surface area contributed by atoms with Crippen molar-refractivity contribution in [2.24, 2.45) is 0 Å². The molecule has 0 aliphatic heterocycles. The lowest BCUT2D eigenvalue weighted by Crippen LogP contribution is -2.33. The van der Waals surface area contributed by atoms with Crippen LogP contribution in [0.1, 0.15) is 27.9 Å². The van der Waals surface area contributed by atoms with Gasteiger partial charge >= 0.3 is 0 Å². The van der Waals surface area contributed by atoms with Gasteiger partial charge in [-0.3, -0.25) is 9.69 Å². The molecule has 4 rings (SSSR count). The van der Waals surface area contributed by atoms with E-state index in [1.807, 2.05) is 47.4 Å². The summed E-state index contributed by atoms with van der Waals surface area (Å²) in [6.07, 6.45) is 0.886. The lowest BCUT2D eigenvalue weighted by atomic mass is 10.0. The van der Waals surface area contributed by atoms with Crippen LogP contribution in [-0.2, 0) is 0 Å². The van der Waals surface area contributed by atoms with E-state index in [0.717, 1.165) is 44.6 Å². The molecule has 0 saturated carbocycles. The van der Waals surface area contributed by atoms with E-state index in [4.69, 9.17) is 4.98 Å². The Morgan fingerprint density at radius 1 is 0.967 bits per heavy atom. The summed E-state index contributed by atoms with van der Waals surface area (Å²) >= 11 is 1.60. The Balaban J connectivity index is 1.76. The summed E-state index contributed by atoms with van der Waals surface area (Å²) in [5.74, 6) is 0.0121. The predicted octanol–water partition coefficient (Wildman–Crippen LogP) is 5.66. The van der Waals surface area contributed by atoms with Crippen molar-refractivity contribution in [2.45, 2.75) is 20.3 Å². The van der Waals surface area contributed by atoms with Gasteiger partial charge in [-0.15, -0.1) is 0 Å². The van der Waals surface area contributed by atoms with E-state index in [-0.39, 0.29) is 5.91 Å². The fraction of sp³-hybridized carbons (Fsp3) is 0.280. The van der Waals surface area contributed by atoms with Gasteiger partial charge in [0, 0.05) is 12.1 Å². The third kappa shape index (κ3) is 4.09. The maximum Gasteiger partial charge on any atom is 0.260 e. The third-order valence-electron chi connectivity index (χ3n) is 5.48. The maximum absolute atomic E-state index is 13.7. The molecular weight excluding hydrogens is 390 g/mol. The van der Waals surface area contributed by atoms with E-state index in [9.17, 15) is 4.79 Å². The molecule has 4 nitrogen and oxygen atoms in total. The van der Waals surface area contributed by atoms with E-state index >= 15 is 0 Å². The van der Waals surface area contributed by atoms with Gasteiger partial charge in [0.25, 0.3) is 5.91 Å². The summed E-state index contributed by atoms with van der Waals surface area (Å²) in [6.45, 7) is 5.77. The molecule has 0 atom stereocenters. The number of carbonyl (C=O) groups is 1. The standard InChI is InChI=1S/C25H27N3OS/c1-17-15-22-23(16-18(17)2)30-25(26-22)28(14-8-13-27(3)4)24(29)21-12-7-10-19-9-5-6-11-20(19)21/h5-7,9-12,15-16H,8,13-14H2,1-4H3. The molecule has 4 aromatic rings. The van der Waals surface area contributed by atoms with E-state index in [1.165, 1.54) is 11.1 Å². The van der Waals surface area contributed by atoms with Crippen molar-refractivity contribution in [3.63, 3.8) is 0 Å². The van der Waals surface area contributed by atoms with Crippen LogP contribution in [0.25, 0.3) is 21.0 Å². The molecule has 0 aliphatic carbocycles. The molecule has 0 fully saturated rings. The number of thiazole rings is 1. The average molecular weight is 418 g/mol. The van der Waals surface area contributed by atoms with E-state index < -0.39 is 0 Å². The molecule has 154 valence electrons. The maximum atomic E-state index is 13.7. The highest BCUT2D eigenvalue weighted by atomic mass is 32.1. The molecule has 3 aromatic carbocycles. The molecule has 0 saturated heterocycles. The zero-order valence-electron chi connectivity index (χ0n) is 18.0. The number of fused-ring (bicyclic) bond motifs is 2. The molecule has 30 heavy (non-hydrogen) atoms. The summed E-state index contributed by atoms with van der Waals surface area (Å²) in [4.78, 5) is 22.6. The van der Waals surface area contributed by atoms with Gasteiger partial charge in [0.2, 0.25) is 0 Å². The number of aromatic nitrogens is 1. The quantitative estimate of drug-likeness (QED) is 0.406. The molecule has 0 bridgehead atoms. The highest BCUT2D eigenvalue weighted by Gasteiger charge is 2.23. The monoisotopic (exact) mass is 417 g/mol. The number of benzene rings is 3. The largest absolute Gasteiger partial charge is 0.309 e. The van der Waals surface area contributed by atoms with Gasteiger partial charge in [0.1, 0.15) is 0 Å². The second-order valence-electron chi connectivity index (χ2n) is 8.04. The normalized spacial score (nSPS) is 11.5. The summed E-state index contributed by atoms with van der Waals surface area (Å²) in [5.41, 5.74) is 4.15. The van der Waals surface area contributed by atoms with Crippen LogP contribution in [0.3, 0.4) is 0 Å². The highest BCUT2D eigenvalue weighted by molar-refractivity contribution is 7.22. The zero-order valence-corrected chi connectivity index (χ0v) is 18.8. The van der Waals surface area contributed by atoms with Crippen LogP contribution < -0.4 is 4.90 Å². The number of hydrogen-bond acceptors (Lipinski definition) is 4. The number of rotatable bonds is 6. The summed E-state index contributed by atoms with van der Waals surface area (Å²) in [6, 6.07) is 18.3. The number of carbonyl (C=O) groups excluding carboxylic acids is 1. The van der Waals surface area contributed by atoms with Crippen LogP contribution in [0.5, 0.6) is 0 Å². The first kappa shape index (κ1) is 20.5. The van der Waals surface area contributed by atoms with Gasteiger partial charge in [0.15, 0.2) is 5.13 Å². The first-order valence-electron chi connectivity index (χ1n) is 10.3. The number of hydrogen-bond donors (Lipinski definition) is 0. The van der Waals surface area contributed by atoms with E-state index in [0.29, 0.717) is 6.54 Å². The summed E-state index contributed by atoms with van der Waals surface area (Å²) in [7, 11) is 4.11. The molecule has 0 aliphatic rings. The number of anilines is 1. The van der Waals surface area contributed by atoms with Crippen molar-refractivity contribution in [1.82, 2.24) is 9.88 Å². The second-order valence-corrected chi connectivity index (χ2v) is 9.05. The van der Waals surface area contributed by atoms with Gasteiger partial charge in [-0.1, -0.05) is 47.7 Å². The van der Waals surface area contributed by atoms with Crippen molar-refractivity contribution in [3.8, 4) is 0 Å². The lowest BCUT2D eigenvalue weighted by molar-refractivity contribution is 0.0987. The Morgan fingerprint density at radius 2 is 1.70 bits per heavy atom. The third-order valence-corrected chi connectivity index (χ3v) is 6.52. The van der Waals surface area contributed by atoms with Crippen LogP contribution in [-0.4, -0.2) is 43.0 Å². The molecule has 0 unspecified atom stereocenters. The summed E-state index contributed by atoms with van der Waals surface area (Å²) < 4.78 is 1.12. The minimum atomic E-state index is 0.0121. The Hall–Kier alpha value is -2.76. The Kier molecular flexibility index (Phi) is 5.84. The second kappa shape index (κ2) is 8.54. The van der Waals surface area contributed by atoms with E-state index in [2.05, 4.69) is 45.0 Å². The minimum absolute atomic E-state index is 0.0121. The average Bonchev–Trinajstić information content (AvgIpc) is 3.12. The van der Waals surface area contributed by atoms with Gasteiger partial charge < -0.3 is 4.90 Å². The van der Waals surface area contributed by atoms with Gasteiger partial charge in [-0.05, 0) is 81.0 Å². The molecule has 1 heterocycles. The number of aryl methyl sites for hydroxylation is 2. The highest BCUT2D eigenvalue weighted by Crippen LogP contribution is 2.32. The van der Waals surface area contributed by atoms with Crippen molar-refractivity contribution in [3.05, 3.63) is 71.3 Å². The van der Waals surface area contributed by atoms with Crippen LogP contribution in [0.15, 0.2) is 54.6 Å². The van der Waals surface area contributed by atoms with Crippen molar-refractivity contribution < 1.29 is 4.79 Å². The first-order valence-corrected chi connectivity index (χ1v) is 11.1. The molecule has 5 heteroatoms. The van der Waals surface area contributed by atoms with Crippen molar-refractivity contribution >= 4 is 43.4 Å². The predicted molar refractivity (Wildman–Crippen MR) is 128 cm³/mol. The van der Waals surface area contributed by atoms with Crippen LogP contribution >= 0.6 is 11.3 Å². The molecule has 1 amide bonds. The first-order chi connectivity index (χ1) is 14.4. The number of nitrogens with zero attached hydrogens (tertiary/aromatic N) is 3. The summed E-state index contributed by atoms with van der Waals surface area (Å²) in [5, 5.41) is 2.83.